The van der Waals surface area contributed by atoms with E-state index in [1.807, 2.05) is 13.8 Å². The molecule has 0 aromatic carbocycles. The van der Waals surface area contributed by atoms with Crippen LogP contribution >= 0.6 is 0 Å². The van der Waals surface area contributed by atoms with Gasteiger partial charge in [0.15, 0.2) is 0 Å². The summed E-state index contributed by atoms with van der Waals surface area (Å²) in [5.41, 5.74) is 0. The van der Waals surface area contributed by atoms with Crippen LogP contribution in [-0.2, 0) is 9.59 Å². The molecule has 0 aromatic heterocycles. The van der Waals surface area contributed by atoms with E-state index < -0.39 is 18.1 Å². The van der Waals surface area contributed by atoms with Crippen LogP contribution in [0.25, 0.3) is 0 Å². The zero-order valence-electron chi connectivity index (χ0n) is 11.4. The van der Waals surface area contributed by atoms with E-state index in [1.165, 1.54) is 4.90 Å². The van der Waals surface area contributed by atoms with Crippen molar-refractivity contribution in [1.82, 2.24) is 10.2 Å². The van der Waals surface area contributed by atoms with Crippen LogP contribution in [0.1, 0.15) is 33.6 Å². The number of nitrogens with one attached hydrogen (secondary N) is 1. The van der Waals surface area contributed by atoms with E-state index in [1.54, 1.807) is 21.0 Å². The maximum absolute atomic E-state index is 11.9. The van der Waals surface area contributed by atoms with Crippen molar-refractivity contribution >= 4 is 11.9 Å². The van der Waals surface area contributed by atoms with E-state index in [4.69, 9.17) is 5.11 Å². The highest BCUT2D eigenvalue weighted by molar-refractivity contribution is 5.82. The first-order chi connectivity index (χ1) is 7.79. The Hall–Kier alpha value is -1.10. The number of carbonyl (C=O) groups excluding carboxylic acids is 1. The molecule has 0 aliphatic rings. The molecule has 0 bridgehead atoms. The molecule has 2 N–H and O–H groups in total. The summed E-state index contributed by atoms with van der Waals surface area (Å²) in [5, 5.41) is 11.9. The van der Waals surface area contributed by atoms with Crippen molar-refractivity contribution in [2.45, 2.75) is 45.7 Å². The zero-order valence-corrected chi connectivity index (χ0v) is 11.4. The Balaban J connectivity index is 4.68. The number of amides is 1. The summed E-state index contributed by atoms with van der Waals surface area (Å²) in [7, 11) is 3.36. The van der Waals surface area contributed by atoms with Crippen molar-refractivity contribution in [2.24, 2.45) is 5.92 Å². The van der Waals surface area contributed by atoms with Crippen molar-refractivity contribution in [3.05, 3.63) is 0 Å². The summed E-state index contributed by atoms with van der Waals surface area (Å²) >= 11 is 0. The van der Waals surface area contributed by atoms with Crippen LogP contribution in [-0.4, -0.2) is 48.1 Å². The van der Waals surface area contributed by atoms with Crippen molar-refractivity contribution in [2.75, 3.05) is 14.1 Å². The molecule has 2 unspecified atom stereocenters. The third-order valence-electron chi connectivity index (χ3n) is 2.55. The predicted molar refractivity (Wildman–Crippen MR) is 66.8 cm³/mol. The summed E-state index contributed by atoms with van der Waals surface area (Å²) in [4.78, 5) is 24.4. The van der Waals surface area contributed by atoms with Gasteiger partial charge in [-0.3, -0.25) is 14.9 Å². The maximum atomic E-state index is 11.9. The van der Waals surface area contributed by atoms with Gasteiger partial charge in [-0.15, -0.1) is 0 Å². The Morgan fingerprint density at radius 2 is 1.76 bits per heavy atom. The molecule has 2 atom stereocenters. The lowest BCUT2D eigenvalue weighted by atomic mass is 10.0. The minimum absolute atomic E-state index is 0.0709. The number of likely N-dealkylation sites (N-methyl/N-ethyl adjacent to an activating group) is 1. The smallest absolute Gasteiger partial charge is 0.320 e. The molecule has 0 saturated heterocycles. The lowest BCUT2D eigenvalue weighted by molar-refractivity contribution is -0.140. The maximum Gasteiger partial charge on any atom is 0.320 e. The molecule has 1 amide bonds. The third-order valence-corrected chi connectivity index (χ3v) is 2.55. The second-order valence-corrected chi connectivity index (χ2v) is 4.88. The Labute approximate surface area is 103 Å². The van der Waals surface area contributed by atoms with Gasteiger partial charge in [0.05, 0.1) is 6.04 Å². The normalized spacial score (nSPS) is 14.5. The third kappa shape index (κ3) is 5.68. The van der Waals surface area contributed by atoms with Crippen molar-refractivity contribution < 1.29 is 14.7 Å². The van der Waals surface area contributed by atoms with Gasteiger partial charge in [0.2, 0.25) is 5.91 Å². The highest BCUT2D eigenvalue weighted by Gasteiger charge is 2.26. The first kappa shape index (κ1) is 15.9. The van der Waals surface area contributed by atoms with Crippen LogP contribution in [0, 0.1) is 5.92 Å². The first-order valence-corrected chi connectivity index (χ1v) is 5.99. The minimum atomic E-state index is -0.909. The van der Waals surface area contributed by atoms with E-state index in [-0.39, 0.29) is 5.91 Å². The average Bonchev–Trinajstić information content (AvgIpc) is 2.21. The monoisotopic (exact) mass is 244 g/mol. The molecule has 17 heavy (non-hydrogen) atoms. The van der Waals surface area contributed by atoms with Crippen LogP contribution in [0.15, 0.2) is 0 Å². The second-order valence-electron chi connectivity index (χ2n) is 4.88. The summed E-state index contributed by atoms with van der Waals surface area (Å²) in [6.07, 6.45) is 1.10. The van der Waals surface area contributed by atoms with Gasteiger partial charge in [0, 0.05) is 14.1 Å². The van der Waals surface area contributed by atoms with Crippen molar-refractivity contribution in [1.29, 1.82) is 0 Å². The van der Waals surface area contributed by atoms with Gasteiger partial charge >= 0.3 is 5.97 Å². The van der Waals surface area contributed by atoms with Crippen molar-refractivity contribution in [3.8, 4) is 0 Å². The largest absolute Gasteiger partial charge is 0.480 e. The fraction of sp³-hybridized carbons (Fsp3) is 0.833. The number of carboxylic acids is 1. The summed E-state index contributed by atoms with van der Waals surface area (Å²) in [5.74, 6) is -0.645. The highest BCUT2D eigenvalue weighted by atomic mass is 16.4. The number of aliphatic carboxylic acids is 1. The van der Waals surface area contributed by atoms with E-state index in [9.17, 15) is 9.59 Å². The van der Waals surface area contributed by atoms with Crippen LogP contribution in [0.2, 0.25) is 0 Å². The van der Waals surface area contributed by atoms with E-state index in [0.717, 1.165) is 0 Å². The molecule has 0 heterocycles. The Morgan fingerprint density at radius 3 is 2.06 bits per heavy atom. The molecule has 5 nitrogen and oxygen atoms in total. The molecule has 0 aliphatic carbocycles. The van der Waals surface area contributed by atoms with Gasteiger partial charge in [-0.2, -0.15) is 0 Å². The quantitative estimate of drug-likeness (QED) is 0.699. The van der Waals surface area contributed by atoms with Gasteiger partial charge in [0.1, 0.15) is 6.04 Å². The lowest BCUT2D eigenvalue weighted by Crippen LogP contribution is -2.50. The van der Waals surface area contributed by atoms with Gasteiger partial charge in [-0.1, -0.05) is 20.8 Å². The Morgan fingerprint density at radius 1 is 1.24 bits per heavy atom. The molecular formula is C12H24N2O3. The highest BCUT2D eigenvalue weighted by Crippen LogP contribution is 2.08. The number of carboxylic acid groups (broad SMARTS) is 1. The average molecular weight is 244 g/mol. The molecule has 0 radical (unpaired) electrons. The molecule has 100 valence electrons. The number of carbonyl (C=O) groups is 2. The fourth-order valence-corrected chi connectivity index (χ4v) is 1.63. The van der Waals surface area contributed by atoms with Crippen molar-refractivity contribution in [3.63, 3.8) is 0 Å². The minimum Gasteiger partial charge on any atom is -0.480 e. The van der Waals surface area contributed by atoms with Gasteiger partial charge < -0.3 is 10.0 Å². The summed E-state index contributed by atoms with van der Waals surface area (Å²) in [6.45, 7) is 5.82. The fourth-order valence-electron chi connectivity index (χ4n) is 1.63. The molecule has 0 rings (SSSR count). The lowest BCUT2D eigenvalue weighted by Gasteiger charge is -2.25. The number of rotatable bonds is 7. The number of hydrogen-bond acceptors (Lipinski definition) is 3. The van der Waals surface area contributed by atoms with Gasteiger partial charge in [-0.05, 0) is 18.8 Å². The molecule has 0 spiro atoms. The molecular weight excluding hydrogens is 220 g/mol. The van der Waals surface area contributed by atoms with E-state index in [2.05, 4.69) is 5.32 Å². The first-order valence-electron chi connectivity index (χ1n) is 5.99. The Kier molecular flexibility index (Phi) is 6.80. The predicted octanol–water partition coefficient (Wildman–Crippen LogP) is 0.942. The number of nitrogens with zero attached hydrogens (tertiary/aromatic N) is 1. The van der Waals surface area contributed by atoms with Gasteiger partial charge in [0.25, 0.3) is 0 Å². The molecule has 0 fully saturated rings. The number of hydrogen-bond donors (Lipinski definition) is 2. The summed E-state index contributed by atoms with van der Waals surface area (Å²) < 4.78 is 0. The Bertz CT molecular complexity index is 264. The molecule has 0 aromatic rings. The topological polar surface area (TPSA) is 69.6 Å². The van der Waals surface area contributed by atoms with Crippen LogP contribution in [0.3, 0.4) is 0 Å². The SMILES string of the molecule is CCC(NC(CC(C)C)C(=O)N(C)C)C(=O)O. The zero-order chi connectivity index (χ0) is 13.6. The summed E-state index contributed by atoms with van der Waals surface area (Å²) in [6, 6.07) is -1.09. The van der Waals surface area contributed by atoms with Crippen LogP contribution in [0.5, 0.6) is 0 Å². The van der Waals surface area contributed by atoms with E-state index >= 15 is 0 Å². The van der Waals surface area contributed by atoms with Crippen LogP contribution in [0.4, 0.5) is 0 Å². The molecule has 0 saturated carbocycles. The standard InChI is InChI=1S/C12H24N2O3/c1-6-9(12(16)17)13-10(7-8(2)3)11(15)14(4)5/h8-10,13H,6-7H2,1-5H3,(H,16,17). The second kappa shape index (κ2) is 7.27. The molecule has 0 aliphatic heterocycles. The van der Waals surface area contributed by atoms with E-state index in [0.29, 0.717) is 18.8 Å². The van der Waals surface area contributed by atoms with Crippen LogP contribution < -0.4 is 5.32 Å². The van der Waals surface area contributed by atoms with Gasteiger partial charge in [-0.25, -0.2) is 0 Å². The molecule has 5 heteroatoms.